The van der Waals surface area contributed by atoms with E-state index in [1.165, 1.54) is 0 Å². The van der Waals surface area contributed by atoms with Crippen molar-refractivity contribution in [2.24, 2.45) is 5.92 Å². The molecule has 132 valence electrons. The van der Waals surface area contributed by atoms with Crippen molar-refractivity contribution in [3.63, 3.8) is 0 Å². The molecular formula is C17H24ClN3O3. The zero-order chi connectivity index (χ0) is 18.1. The van der Waals surface area contributed by atoms with Gasteiger partial charge in [-0.3, -0.25) is 14.4 Å². The van der Waals surface area contributed by atoms with E-state index in [-0.39, 0.29) is 30.2 Å². The Morgan fingerprint density at radius 3 is 2.25 bits per heavy atom. The number of nitrogens with one attached hydrogen (secondary N) is 3. The Hall–Kier alpha value is -2.08. The molecule has 1 aromatic carbocycles. The lowest BCUT2D eigenvalue weighted by molar-refractivity contribution is -0.127. The summed E-state index contributed by atoms with van der Waals surface area (Å²) in [4.78, 5) is 36.0. The Kier molecular flexibility index (Phi) is 8.26. The molecular weight excluding hydrogens is 330 g/mol. The summed E-state index contributed by atoms with van der Waals surface area (Å²) >= 11 is 5.80. The number of carbonyl (C=O) groups is 3. The molecule has 0 aliphatic carbocycles. The average molecular weight is 354 g/mol. The molecule has 1 aromatic rings. The van der Waals surface area contributed by atoms with Crippen molar-refractivity contribution in [2.75, 3.05) is 13.1 Å². The number of rotatable bonds is 8. The molecule has 0 saturated heterocycles. The molecule has 0 saturated carbocycles. The van der Waals surface area contributed by atoms with Gasteiger partial charge in [0, 0.05) is 17.1 Å². The van der Waals surface area contributed by atoms with Gasteiger partial charge in [0.05, 0.1) is 6.54 Å². The first-order valence-electron chi connectivity index (χ1n) is 7.96. The van der Waals surface area contributed by atoms with Crippen LogP contribution in [0.4, 0.5) is 0 Å². The smallest absolute Gasteiger partial charge is 0.251 e. The van der Waals surface area contributed by atoms with Crippen LogP contribution in [0.2, 0.25) is 5.02 Å². The topological polar surface area (TPSA) is 87.3 Å². The van der Waals surface area contributed by atoms with Gasteiger partial charge in [0.1, 0.15) is 6.04 Å². The highest BCUT2D eigenvalue weighted by Gasteiger charge is 2.24. The lowest BCUT2D eigenvalue weighted by Crippen LogP contribution is -2.51. The number of amides is 3. The fraction of sp³-hybridized carbons (Fsp3) is 0.471. The van der Waals surface area contributed by atoms with Crippen molar-refractivity contribution in [3.8, 4) is 0 Å². The zero-order valence-corrected chi connectivity index (χ0v) is 14.9. The van der Waals surface area contributed by atoms with Crippen LogP contribution in [0.1, 0.15) is 37.6 Å². The summed E-state index contributed by atoms with van der Waals surface area (Å²) in [6.07, 6.45) is 0.825. The van der Waals surface area contributed by atoms with E-state index in [4.69, 9.17) is 11.6 Å². The SMILES string of the molecule is CCCNC(=O)CNC(=O)C(NC(=O)c1ccc(Cl)cc1)C(C)C. The normalized spacial score (nSPS) is 11.7. The monoisotopic (exact) mass is 353 g/mol. The quantitative estimate of drug-likeness (QED) is 0.665. The molecule has 0 spiro atoms. The Bertz CT molecular complexity index is 573. The van der Waals surface area contributed by atoms with Gasteiger partial charge in [-0.25, -0.2) is 0 Å². The van der Waals surface area contributed by atoms with Crippen LogP contribution < -0.4 is 16.0 Å². The first-order valence-corrected chi connectivity index (χ1v) is 8.33. The molecule has 3 N–H and O–H groups in total. The number of benzene rings is 1. The van der Waals surface area contributed by atoms with Crippen molar-refractivity contribution in [1.82, 2.24) is 16.0 Å². The minimum atomic E-state index is -0.729. The summed E-state index contributed by atoms with van der Waals surface area (Å²) in [7, 11) is 0. The van der Waals surface area contributed by atoms with E-state index in [0.717, 1.165) is 6.42 Å². The first kappa shape index (κ1) is 20.0. The Labute approximate surface area is 147 Å². The molecule has 1 unspecified atom stereocenters. The van der Waals surface area contributed by atoms with Crippen molar-refractivity contribution in [3.05, 3.63) is 34.9 Å². The van der Waals surface area contributed by atoms with Gasteiger partial charge in [0.15, 0.2) is 0 Å². The molecule has 0 aliphatic heterocycles. The van der Waals surface area contributed by atoms with Crippen LogP contribution >= 0.6 is 11.6 Å². The predicted octanol–water partition coefficient (Wildman–Crippen LogP) is 1.74. The van der Waals surface area contributed by atoms with E-state index in [9.17, 15) is 14.4 Å². The lowest BCUT2D eigenvalue weighted by atomic mass is 10.0. The molecule has 24 heavy (non-hydrogen) atoms. The van der Waals surface area contributed by atoms with Crippen LogP contribution in [0, 0.1) is 5.92 Å². The average Bonchev–Trinajstić information content (AvgIpc) is 2.55. The fourth-order valence-electron chi connectivity index (χ4n) is 1.97. The van der Waals surface area contributed by atoms with E-state index < -0.39 is 6.04 Å². The van der Waals surface area contributed by atoms with Crippen molar-refractivity contribution in [2.45, 2.75) is 33.2 Å². The molecule has 1 atom stereocenters. The molecule has 1 rings (SSSR count). The summed E-state index contributed by atoms with van der Waals surface area (Å²) in [5.41, 5.74) is 0.415. The van der Waals surface area contributed by atoms with E-state index in [0.29, 0.717) is 17.1 Å². The van der Waals surface area contributed by atoms with Crippen LogP contribution in [0.15, 0.2) is 24.3 Å². The van der Waals surface area contributed by atoms with Crippen molar-refractivity contribution in [1.29, 1.82) is 0 Å². The molecule has 0 fully saturated rings. The standard InChI is InChI=1S/C17H24ClN3O3/c1-4-9-19-14(22)10-20-17(24)15(11(2)3)21-16(23)12-5-7-13(18)8-6-12/h5-8,11,15H,4,9-10H2,1-3H3,(H,19,22)(H,20,24)(H,21,23). The zero-order valence-electron chi connectivity index (χ0n) is 14.2. The van der Waals surface area contributed by atoms with Crippen molar-refractivity contribution >= 4 is 29.3 Å². The molecule has 3 amide bonds. The Morgan fingerprint density at radius 1 is 1.08 bits per heavy atom. The third-order valence-electron chi connectivity index (χ3n) is 3.34. The van der Waals surface area contributed by atoms with Crippen LogP contribution in [-0.2, 0) is 9.59 Å². The highest BCUT2D eigenvalue weighted by Crippen LogP contribution is 2.10. The second kappa shape index (κ2) is 9.93. The highest BCUT2D eigenvalue weighted by atomic mass is 35.5. The maximum atomic E-state index is 12.3. The molecule has 0 bridgehead atoms. The molecule has 0 radical (unpaired) electrons. The van der Waals surface area contributed by atoms with Gasteiger partial charge in [0.25, 0.3) is 5.91 Å². The fourth-order valence-corrected chi connectivity index (χ4v) is 2.09. The maximum Gasteiger partial charge on any atom is 0.251 e. The van der Waals surface area contributed by atoms with Gasteiger partial charge in [0.2, 0.25) is 11.8 Å². The van der Waals surface area contributed by atoms with Gasteiger partial charge in [-0.05, 0) is 36.6 Å². The molecule has 6 nitrogen and oxygen atoms in total. The Morgan fingerprint density at radius 2 is 1.71 bits per heavy atom. The maximum absolute atomic E-state index is 12.3. The van der Waals surface area contributed by atoms with Gasteiger partial charge in [-0.15, -0.1) is 0 Å². The summed E-state index contributed by atoms with van der Waals surface area (Å²) in [5, 5.41) is 8.45. The number of hydrogen-bond donors (Lipinski definition) is 3. The summed E-state index contributed by atoms with van der Waals surface area (Å²) in [5.74, 6) is -1.13. The molecule has 7 heteroatoms. The summed E-state index contributed by atoms with van der Waals surface area (Å²) in [6, 6.07) is 5.67. The van der Waals surface area contributed by atoms with Crippen LogP contribution in [-0.4, -0.2) is 36.9 Å². The second-order valence-corrected chi connectivity index (χ2v) is 6.21. The number of halogens is 1. The third kappa shape index (κ3) is 6.58. The molecule has 0 heterocycles. The second-order valence-electron chi connectivity index (χ2n) is 5.77. The predicted molar refractivity (Wildman–Crippen MR) is 93.9 cm³/mol. The largest absolute Gasteiger partial charge is 0.355 e. The molecule has 0 aromatic heterocycles. The summed E-state index contributed by atoms with van der Waals surface area (Å²) < 4.78 is 0. The van der Waals surface area contributed by atoms with Crippen LogP contribution in [0.3, 0.4) is 0 Å². The number of hydrogen-bond acceptors (Lipinski definition) is 3. The highest BCUT2D eigenvalue weighted by molar-refractivity contribution is 6.30. The van der Waals surface area contributed by atoms with E-state index in [1.54, 1.807) is 24.3 Å². The first-order chi connectivity index (χ1) is 11.3. The van der Waals surface area contributed by atoms with Crippen LogP contribution in [0.5, 0.6) is 0 Å². The number of carbonyl (C=O) groups excluding carboxylic acids is 3. The van der Waals surface area contributed by atoms with E-state index in [1.807, 2.05) is 20.8 Å². The molecule has 0 aliphatic rings. The van der Waals surface area contributed by atoms with Gasteiger partial charge >= 0.3 is 0 Å². The summed E-state index contributed by atoms with van der Waals surface area (Å²) in [6.45, 7) is 6.04. The van der Waals surface area contributed by atoms with Gasteiger partial charge in [-0.1, -0.05) is 32.4 Å². The minimum Gasteiger partial charge on any atom is -0.355 e. The third-order valence-corrected chi connectivity index (χ3v) is 3.59. The van der Waals surface area contributed by atoms with Gasteiger partial charge < -0.3 is 16.0 Å². The Balaban J connectivity index is 2.62. The minimum absolute atomic E-state index is 0.112. The van der Waals surface area contributed by atoms with E-state index in [2.05, 4.69) is 16.0 Å². The van der Waals surface area contributed by atoms with E-state index >= 15 is 0 Å². The van der Waals surface area contributed by atoms with Gasteiger partial charge in [-0.2, -0.15) is 0 Å². The lowest BCUT2D eigenvalue weighted by Gasteiger charge is -2.21. The van der Waals surface area contributed by atoms with Crippen LogP contribution in [0.25, 0.3) is 0 Å². The van der Waals surface area contributed by atoms with Crippen molar-refractivity contribution < 1.29 is 14.4 Å².